The van der Waals surface area contributed by atoms with Gasteiger partial charge in [0.05, 0.1) is 36.2 Å². The molecule has 1 N–H and O–H groups in total. The molecule has 0 aliphatic carbocycles. The Hall–Kier alpha value is -2.16. The van der Waals surface area contributed by atoms with Crippen molar-refractivity contribution in [3.8, 4) is 11.5 Å². The zero-order valence-corrected chi connectivity index (χ0v) is 19.3. The van der Waals surface area contributed by atoms with Gasteiger partial charge in [-0.05, 0) is 36.2 Å². The first kappa shape index (κ1) is 24.1. The highest BCUT2D eigenvalue weighted by Gasteiger charge is 2.21. The first-order valence-electron chi connectivity index (χ1n) is 9.06. The van der Waals surface area contributed by atoms with E-state index < -0.39 is 10.0 Å². The summed E-state index contributed by atoms with van der Waals surface area (Å²) in [6.07, 6.45) is 1.55. The normalized spacial score (nSPS) is 11.1. The molecule has 10 heteroatoms. The second kappa shape index (κ2) is 10.7. The number of halogens is 2. The van der Waals surface area contributed by atoms with Gasteiger partial charge in [0.25, 0.3) is 0 Å². The molecule has 0 atom stereocenters. The van der Waals surface area contributed by atoms with Crippen molar-refractivity contribution in [2.75, 3.05) is 31.3 Å². The molecule has 2 aromatic rings. The number of anilines is 1. The Labute approximate surface area is 186 Å². The van der Waals surface area contributed by atoms with Gasteiger partial charge in [-0.3, -0.25) is 9.10 Å². The van der Waals surface area contributed by atoms with E-state index in [-0.39, 0.29) is 34.6 Å². The van der Waals surface area contributed by atoms with Crippen molar-refractivity contribution >= 4 is 44.8 Å². The molecule has 0 spiro atoms. The number of hydrogen-bond donors (Lipinski definition) is 1. The number of carbonyl (C=O) groups is 1. The van der Waals surface area contributed by atoms with Gasteiger partial charge in [-0.2, -0.15) is 0 Å². The Morgan fingerprint density at radius 3 is 2.43 bits per heavy atom. The Balaban J connectivity index is 1.94. The highest BCUT2D eigenvalue weighted by Crippen LogP contribution is 2.33. The SMILES string of the molecule is COc1ccc(CNC(=O)CCCN(c2cccc(Cl)c2Cl)S(C)(=O)=O)cc1OC. The van der Waals surface area contributed by atoms with Gasteiger partial charge in [-0.1, -0.05) is 35.3 Å². The minimum atomic E-state index is -3.59. The molecule has 164 valence electrons. The molecule has 0 aliphatic heterocycles. The summed E-state index contributed by atoms with van der Waals surface area (Å²) in [5.41, 5.74) is 1.14. The molecule has 0 saturated carbocycles. The second-order valence-electron chi connectivity index (χ2n) is 6.48. The largest absolute Gasteiger partial charge is 0.493 e. The van der Waals surface area contributed by atoms with Crippen LogP contribution < -0.4 is 19.1 Å². The summed E-state index contributed by atoms with van der Waals surface area (Å²) in [7, 11) is -0.499. The van der Waals surface area contributed by atoms with Gasteiger partial charge < -0.3 is 14.8 Å². The number of sulfonamides is 1. The molecule has 2 aromatic carbocycles. The second-order valence-corrected chi connectivity index (χ2v) is 9.17. The topological polar surface area (TPSA) is 84.9 Å². The third kappa shape index (κ3) is 6.42. The lowest BCUT2D eigenvalue weighted by molar-refractivity contribution is -0.121. The zero-order valence-electron chi connectivity index (χ0n) is 16.9. The standard InChI is InChI=1S/C20H24Cl2N2O5S/c1-28-17-10-9-14(12-18(17)29-2)13-23-19(25)8-5-11-24(30(3,26)27)16-7-4-6-15(21)20(16)22/h4,6-7,9-10,12H,5,8,11,13H2,1-3H3,(H,23,25). The zero-order chi connectivity index (χ0) is 22.3. The van der Waals surface area contributed by atoms with Crippen LogP contribution in [0.4, 0.5) is 5.69 Å². The molecule has 0 heterocycles. The van der Waals surface area contributed by atoms with E-state index in [2.05, 4.69) is 5.32 Å². The molecule has 0 aliphatic rings. The quantitative estimate of drug-likeness (QED) is 0.564. The summed E-state index contributed by atoms with van der Waals surface area (Å²) in [6, 6.07) is 10.2. The fourth-order valence-corrected chi connectivity index (χ4v) is 4.23. The van der Waals surface area contributed by atoms with Crippen LogP contribution in [0, 0.1) is 0 Å². The van der Waals surface area contributed by atoms with E-state index >= 15 is 0 Å². The summed E-state index contributed by atoms with van der Waals surface area (Å²) in [4.78, 5) is 12.2. The van der Waals surface area contributed by atoms with Gasteiger partial charge in [0.15, 0.2) is 11.5 Å². The Kier molecular flexibility index (Phi) is 8.64. The number of ether oxygens (including phenoxy) is 2. The number of benzene rings is 2. The van der Waals surface area contributed by atoms with E-state index in [0.29, 0.717) is 24.5 Å². The number of nitrogens with one attached hydrogen (secondary N) is 1. The maximum absolute atomic E-state index is 12.2. The number of nitrogens with zero attached hydrogens (tertiary/aromatic N) is 1. The van der Waals surface area contributed by atoms with Crippen molar-refractivity contribution < 1.29 is 22.7 Å². The smallest absolute Gasteiger partial charge is 0.232 e. The molecule has 0 radical (unpaired) electrons. The molecule has 0 saturated heterocycles. The van der Waals surface area contributed by atoms with Crippen LogP contribution in [0.5, 0.6) is 11.5 Å². The summed E-state index contributed by atoms with van der Waals surface area (Å²) in [5, 5.41) is 3.22. The van der Waals surface area contributed by atoms with Gasteiger partial charge in [0.2, 0.25) is 15.9 Å². The van der Waals surface area contributed by atoms with Crippen molar-refractivity contribution in [2.24, 2.45) is 0 Å². The Bertz CT molecular complexity index is 999. The molecule has 30 heavy (non-hydrogen) atoms. The van der Waals surface area contributed by atoms with Crippen molar-refractivity contribution in [1.82, 2.24) is 5.32 Å². The third-order valence-corrected chi connectivity index (χ3v) is 6.29. The summed E-state index contributed by atoms with van der Waals surface area (Å²) >= 11 is 12.2. The first-order chi connectivity index (χ1) is 14.2. The molecule has 0 unspecified atom stereocenters. The molecule has 0 bridgehead atoms. The highest BCUT2D eigenvalue weighted by atomic mass is 35.5. The Morgan fingerprint density at radius 2 is 1.80 bits per heavy atom. The Morgan fingerprint density at radius 1 is 1.10 bits per heavy atom. The van der Waals surface area contributed by atoms with Crippen LogP contribution in [0.1, 0.15) is 18.4 Å². The fraction of sp³-hybridized carbons (Fsp3) is 0.350. The van der Waals surface area contributed by atoms with E-state index in [0.717, 1.165) is 16.1 Å². The number of methoxy groups -OCH3 is 2. The molecule has 0 aromatic heterocycles. The predicted molar refractivity (Wildman–Crippen MR) is 119 cm³/mol. The van der Waals surface area contributed by atoms with E-state index in [1.165, 1.54) is 0 Å². The minimum absolute atomic E-state index is 0.0999. The van der Waals surface area contributed by atoms with Crippen molar-refractivity contribution in [3.63, 3.8) is 0 Å². The summed E-state index contributed by atoms with van der Waals surface area (Å²) in [6.45, 7) is 0.414. The lowest BCUT2D eigenvalue weighted by atomic mass is 10.2. The molecular weight excluding hydrogens is 451 g/mol. The van der Waals surface area contributed by atoms with Gasteiger partial charge in [-0.25, -0.2) is 8.42 Å². The van der Waals surface area contributed by atoms with Gasteiger partial charge in [-0.15, -0.1) is 0 Å². The van der Waals surface area contributed by atoms with Crippen LogP contribution in [-0.4, -0.2) is 41.3 Å². The minimum Gasteiger partial charge on any atom is -0.493 e. The number of amides is 1. The monoisotopic (exact) mass is 474 g/mol. The van der Waals surface area contributed by atoms with Crippen LogP contribution in [0.2, 0.25) is 10.0 Å². The predicted octanol–water partition coefficient (Wildman–Crippen LogP) is 3.87. The lowest BCUT2D eigenvalue weighted by Gasteiger charge is -2.23. The van der Waals surface area contributed by atoms with Crippen LogP contribution in [-0.2, 0) is 21.4 Å². The summed E-state index contributed by atoms with van der Waals surface area (Å²) in [5.74, 6) is 0.981. The van der Waals surface area contributed by atoms with Crippen LogP contribution in [0.3, 0.4) is 0 Å². The van der Waals surface area contributed by atoms with E-state index in [1.54, 1.807) is 44.6 Å². The first-order valence-corrected chi connectivity index (χ1v) is 11.7. The van der Waals surface area contributed by atoms with Crippen LogP contribution in [0.25, 0.3) is 0 Å². The molecular formula is C20H24Cl2N2O5S. The van der Waals surface area contributed by atoms with E-state index in [1.807, 2.05) is 6.07 Å². The van der Waals surface area contributed by atoms with Crippen LogP contribution in [0.15, 0.2) is 36.4 Å². The maximum atomic E-state index is 12.2. The van der Waals surface area contributed by atoms with Gasteiger partial charge >= 0.3 is 0 Å². The maximum Gasteiger partial charge on any atom is 0.232 e. The van der Waals surface area contributed by atoms with Crippen molar-refractivity contribution in [2.45, 2.75) is 19.4 Å². The number of hydrogen-bond acceptors (Lipinski definition) is 5. The van der Waals surface area contributed by atoms with E-state index in [9.17, 15) is 13.2 Å². The van der Waals surface area contributed by atoms with Crippen molar-refractivity contribution in [3.05, 3.63) is 52.0 Å². The number of rotatable bonds is 10. The average molecular weight is 475 g/mol. The van der Waals surface area contributed by atoms with E-state index in [4.69, 9.17) is 32.7 Å². The van der Waals surface area contributed by atoms with Gasteiger partial charge in [0.1, 0.15) is 0 Å². The van der Waals surface area contributed by atoms with Crippen LogP contribution >= 0.6 is 23.2 Å². The third-order valence-electron chi connectivity index (χ3n) is 4.30. The molecule has 0 fully saturated rings. The van der Waals surface area contributed by atoms with Crippen molar-refractivity contribution in [1.29, 1.82) is 0 Å². The van der Waals surface area contributed by atoms with Gasteiger partial charge in [0, 0.05) is 19.5 Å². The molecule has 1 amide bonds. The summed E-state index contributed by atoms with van der Waals surface area (Å²) < 4.78 is 36.0. The molecule has 7 nitrogen and oxygen atoms in total. The average Bonchev–Trinajstić information content (AvgIpc) is 2.71. The number of carbonyl (C=O) groups excluding carboxylic acids is 1. The lowest BCUT2D eigenvalue weighted by Crippen LogP contribution is -2.32. The molecule has 2 rings (SSSR count). The fourth-order valence-electron chi connectivity index (χ4n) is 2.81. The highest BCUT2D eigenvalue weighted by molar-refractivity contribution is 7.92.